The first-order valence-electron chi connectivity index (χ1n) is 9.05. The van der Waals surface area contributed by atoms with Crippen molar-refractivity contribution in [3.05, 3.63) is 77.9 Å². The number of hydrogen-bond donors (Lipinski definition) is 0. The molecule has 26 heavy (non-hydrogen) atoms. The van der Waals surface area contributed by atoms with Crippen LogP contribution in [0.15, 0.2) is 71.7 Å². The number of benzene rings is 3. The maximum absolute atomic E-state index is 4.69. The molecule has 3 aromatic rings. The van der Waals surface area contributed by atoms with Crippen LogP contribution >= 0.6 is 0 Å². The van der Waals surface area contributed by atoms with E-state index in [0.29, 0.717) is 0 Å². The van der Waals surface area contributed by atoms with Crippen LogP contribution in [-0.2, 0) is 0 Å². The summed E-state index contributed by atoms with van der Waals surface area (Å²) in [6.45, 7) is 6.68. The minimum atomic E-state index is 0.0395. The van der Waals surface area contributed by atoms with E-state index in [1.807, 2.05) is 6.21 Å². The van der Waals surface area contributed by atoms with E-state index in [1.54, 1.807) is 0 Å². The van der Waals surface area contributed by atoms with Gasteiger partial charge in [-0.25, -0.2) is 0 Å². The fourth-order valence-corrected chi connectivity index (χ4v) is 3.66. The number of hydrogen-bond acceptors (Lipinski definition) is 2. The first-order chi connectivity index (χ1) is 12.4. The van der Waals surface area contributed by atoms with Crippen molar-refractivity contribution in [3.63, 3.8) is 0 Å². The number of likely N-dealkylation sites (N-methyl/N-ethyl adjacent to an activating group) is 1. The summed E-state index contributed by atoms with van der Waals surface area (Å²) in [5, 5.41) is 2.46. The van der Waals surface area contributed by atoms with Crippen LogP contribution in [0.3, 0.4) is 0 Å². The van der Waals surface area contributed by atoms with E-state index in [0.717, 1.165) is 11.3 Å². The Morgan fingerprint density at radius 2 is 1.69 bits per heavy atom. The molecule has 1 aliphatic heterocycles. The quantitative estimate of drug-likeness (QED) is 0.505. The third-order valence-electron chi connectivity index (χ3n) is 5.34. The molecule has 130 valence electrons. The zero-order valence-electron chi connectivity index (χ0n) is 15.8. The van der Waals surface area contributed by atoms with Crippen molar-refractivity contribution in [1.82, 2.24) is 0 Å². The van der Waals surface area contributed by atoms with E-state index in [9.17, 15) is 0 Å². The van der Waals surface area contributed by atoms with Gasteiger partial charge in [-0.2, -0.15) is 0 Å². The molecule has 0 atom stereocenters. The molecule has 0 saturated carbocycles. The number of aliphatic imine (C=N–C) groups is 1. The molecule has 0 amide bonds. The number of anilines is 1. The Bertz CT molecular complexity index is 1040. The second-order valence-electron chi connectivity index (χ2n) is 7.61. The zero-order chi connectivity index (χ0) is 18.3. The highest BCUT2D eigenvalue weighted by Gasteiger charge is 2.28. The molecular formula is C24H24N2. The van der Waals surface area contributed by atoms with Crippen LogP contribution in [0, 0.1) is 0 Å². The molecule has 0 aromatic heterocycles. The molecule has 1 heterocycles. The lowest BCUT2D eigenvalue weighted by Crippen LogP contribution is -2.42. The lowest BCUT2D eigenvalue weighted by atomic mass is 9.89. The van der Waals surface area contributed by atoms with E-state index in [2.05, 4.69) is 99.5 Å². The molecule has 0 unspecified atom stereocenters. The van der Waals surface area contributed by atoms with Crippen molar-refractivity contribution in [3.8, 4) is 0 Å². The maximum Gasteiger partial charge on any atom is 0.0636 e. The SMILES string of the molecule is CC1=CC(C)(C)N(C)c2ccc(C=Nc3ccc4ccccc4c3)cc21. The van der Waals surface area contributed by atoms with Gasteiger partial charge in [-0.05, 0) is 66.9 Å². The Morgan fingerprint density at radius 3 is 2.50 bits per heavy atom. The Morgan fingerprint density at radius 1 is 0.923 bits per heavy atom. The molecule has 0 aliphatic carbocycles. The molecule has 0 N–H and O–H groups in total. The second kappa shape index (κ2) is 6.14. The van der Waals surface area contributed by atoms with Crippen molar-refractivity contribution in [2.45, 2.75) is 26.3 Å². The van der Waals surface area contributed by atoms with Crippen LogP contribution in [0.25, 0.3) is 16.3 Å². The molecule has 4 rings (SSSR count). The van der Waals surface area contributed by atoms with E-state index >= 15 is 0 Å². The Kier molecular flexibility index (Phi) is 3.91. The molecule has 2 nitrogen and oxygen atoms in total. The van der Waals surface area contributed by atoms with Crippen LogP contribution in [0.5, 0.6) is 0 Å². The minimum Gasteiger partial charge on any atom is -0.366 e. The first kappa shape index (κ1) is 16.6. The molecule has 0 spiro atoms. The Hall–Kier alpha value is -2.87. The monoisotopic (exact) mass is 340 g/mol. The van der Waals surface area contributed by atoms with Crippen LogP contribution in [-0.4, -0.2) is 18.8 Å². The maximum atomic E-state index is 4.69. The largest absolute Gasteiger partial charge is 0.366 e. The van der Waals surface area contributed by atoms with Crippen LogP contribution in [0.4, 0.5) is 11.4 Å². The highest BCUT2D eigenvalue weighted by atomic mass is 15.2. The topological polar surface area (TPSA) is 15.6 Å². The first-order valence-corrected chi connectivity index (χ1v) is 9.05. The number of nitrogens with zero attached hydrogens (tertiary/aromatic N) is 2. The molecule has 2 heteroatoms. The van der Waals surface area contributed by atoms with Gasteiger partial charge in [0.1, 0.15) is 0 Å². The third-order valence-corrected chi connectivity index (χ3v) is 5.34. The summed E-state index contributed by atoms with van der Waals surface area (Å²) in [6.07, 6.45) is 4.29. The molecule has 0 saturated heterocycles. The fourth-order valence-electron chi connectivity index (χ4n) is 3.66. The van der Waals surface area contributed by atoms with E-state index in [1.165, 1.54) is 27.6 Å². The predicted molar refractivity (Wildman–Crippen MR) is 114 cm³/mol. The summed E-state index contributed by atoms with van der Waals surface area (Å²) in [5.74, 6) is 0. The van der Waals surface area contributed by atoms with Crippen molar-refractivity contribution in [2.24, 2.45) is 4.99 Å². The third kappa shape index (κ3) is 2.92. The average Bonchev–Trinajstić information content (AvgIpc) is 2.64. The Balaban J connectivity index is 1.67. The lowest BCUT2D eigenvalue weighted by molar-refractivity contribution is 0.598. The number of rotatable bonds is 2. The predicted octanol–water partition coefficient (Wildman–Crippen LogP) is 6.22. The van der Waals surface area contributed by atoms with E-state index < -0.39 is 0 Å². The molecule has 0 radical (unpaired) electrons. The van der Waals surface area contributed by atoms with Gasteiger partial charge >= 0.3 is 0 Å². The summed E-state index contributed by atoms with van der Waals surface area (Å²) in [4.78, 5) is 7.02. The van der Waals surface area contributed by atoms with Gasteiger partial charge in [0.15, 0.2) is 0 Å². The van der Waals surface area contributed by atoms with Crippen molar-refractivity contribution in [1.29, 1.82) is 0 Å². The summed E-state index contributed by atoms with van der Waals surface area (Å²) in [6, 6.07) is 21.3. The molecule has 0 bridgehead atoms. The summed E-state index contributed by atoms with van der Waals surface area (Å²) in [7, 11) is 2.16. The van der Waals surface area contributed by atoms with Crippen LogP contribution in [0.1, 0.15) is 31.9 Å². The highest BCUT2D eigenvalue weighted by Crippen LogP contribution is 2.38. The number of allylic oxidation sites excluding steroid dienone is 1. The second-order valence-corrected chi connectivity index (χ2v) is 7.61. The van der Waals surface area contributed by atoms with Gasteiger partial charge in [-0.15, -0.1) is 0 Å². The van der Waals surface area contributed by atoms with E-state index in [4.69, 9.17) is 4.99 Å². The van der Waals surface area contributed by atoms with Crippen molar-refractivity contribution in [2.75, 3.05) is 11.9 Å². The summed E-state index contributed by atoms with van der Waals surface area (Å²) in [5.41, 5.74) is 6.03. The lowest BCUT2D eigenvalue weighted by Gasteiger charge is -2.40. The zero-order valence-corrected chi connectivity index (χ0v) is 15.8. The summed E-state index contributed by atoms with van der Waals surface area (Å²) < 4.78 is 0. The van der Waals surface area contributed by atoms with Gasteiger partial charge in [0.25, 0.3) is 0 Å². The molecule has 3 aromatic carbocycles. The number of fused-ring (bicyclic) bond motifs is 2. The Labute approximate surface area is 155 Å². The van der Waals surface area contributed by atoms with Gasteiger partial charge in [-0.1, -0.05) is 42.5 Å². The van der Waals surface area contributed by atoms with Crippen LogP contribution in [0.2, 0.25) is 0 Å². The van der Waals surface area contributed by atoms with E-state index in [-0.39, 0.29) is 5.54 Å². The molecule has 1 aliphatic rings. The molecular weight excluding hydrogens is 316 g/mol. The van der Waals surface area contributed by atoms with Gasteiger partial charge < -0.3 is 4.90 Å². The van der Waals surface area contributed by atoms with Crippen molar-refractivity contribution >= 4 is 33.9 Å². The van der Waals surface area contributed by atoms with Gasteiger partial charge in [-0.3, -0.25) is 4.99 Å². The average molecular weight is 340 g/mol. The standard InChI is InChI=1S/C24H24N2/c1-17-15-24(2,3)26(4)23-12-9-18(13-22(17)23)16-25-21-11-10-19-7-5-6-8-20(19)14-21/h5-16H,1-4H3. The highest BCUT2D eigenvalue weighted by molar-refractivity contribution is 5.90. The van der Waals surface area contributed by atoms with Gasteiger partial charge in [0.05, 0.1) is 11.2 Å². The van der Waals surface area contributed by atoms with Crippen LogP contribution < -0.4 is 4.90 Å². The van der Waals surface area contributed by atoms with Gasteiger partial charge in [0.2, 0.25) is 0 Å². The fraction of sp³-hybridized carbons (Fsp3) is 0.208. The minimum absolute atomic E-state index is 0.0395. The smallest absolute Gasteiger partial charge is 0.0636 e. The van der Waals surface area contributed by atoms with Crippen molar-refractivity contribution < 1.29 is 0 Å². The normalized spacial score (nSPS) is 16.0. The summed E-state index contributed by atoms with van der Waals surface area (Å²) >= 11 is 0. The van der Waals surface area contributed by atoms with Gasteiger partial charge in [0, 0.05) is 24.5 Å². The molecule has 0 fully saturated rings.